The summed E-state index contributed by atoms with van der Waals surface area (Å²) in [5.41, 5.74) is 2.01. The highest BCUT2D eigenvalue weighted by molar-refractivity contribution is 7.09. The van der Waals surface area contributed by atoms with Crippen molar-refractivity contribution in [1.29, 1.82) is 0 Å². The molecule has 0 saturated heterocycles. The van der Waals surface area contributed by atoms with Gasteiger partial charge in [-0.1, -0.05) is 12.1 Å². The molecular weight excluding hydrogens is 287 g/mol. The molecule has 1 amide bonds. The number of benzene rings is 1. The largest absolute Gasteiger partial charge is 0.324 e. The summed E-state index contributed by atoms with van der Waals surface area (Å²) in [4.78, 5) is 13.1. The molecule has 0 atom stereocenters. The van der Waals surface area contributed by atoms with Crippen molar-refractivity contribution in [3.63, 3.8) is 0 Å². The van der Waals surface area contributed by atoms with Crippen LogP contribution in [0.3, 0.4) is 0 Å². The number of nitrogens with one attached hydrogen (secondary N) is 2. The van der Waals surface area contributed by atoms with E-state index in [1.165, 1.54) is 4.88 Å². The molecule has 3 nitrogen and oxygen atoms in total. The Hall–Kier alpha value is -1.72. The molecule has 2 heterocycles. The van der Waals surface area contributed by atoms with Gasteiger partial charge in [0.25, 0.3) is 0 Å². The fraction of sp³-hybridized carbons (Fsp3) is 0.312. The first-order valence-corrected chi connectivity index (χ1v) is 7.95. The lowest BCUT2D eigenvalue weighted by atomic mass is 9.99. The van der Waals surface area contributed by atoms with Crippen LogP contribution in [0.1, 0.15) is 22.4 Å². The first-order valence-electron chi connectivity index (χ1n) is 7.07. The topological polar surface area (TPSA) is 41.1 Å². The fourth-order valence-electron chi connectivity index (χ4n) is 2.53. The van der Waals surface area contributed by atoms with Gasteiger partial charge in [0, 0.05) is 17.8 Å². The van der Waals surface area contributed by atoms with Gasteiger partial charge in [0.1, 0.15) is 5.82 Å². The maximum absolute atomic E-state index is 14.4. The van der Waals surface area contributed by atoms with Crippen LogP contribution in [0.4, 0.5) is 10.1 Å². The minimum Gasteiger partial charge on any atom is -0.324 e. The smallest absolute Gasteiger partial charge is 0.224 e. The van der Waals surface area contributed by atoms with Crippen LogP contribution >= 0.6 is 11.3 Å². The van der Waals surface area contributed by atoms with Crippen LogP contribution in [-0.2, 0) is 24.2 Å². The number of rotatable bonds is 4. The quantitative estimate of drug-likeness (QED) is 0.911. The number of aryl methyl sites for hydroxylation is 1. The van der Waals surface area contributed by atoms with E-state index in [0.717, 1.165) is 17.7 Å². The normalized spacial score (nSPS) is 13.8. The summed E-state index contributed by atoms with van der Waals surface area (Å²) >= 11 is 1.63. The van der Waals surface area contributed by atoms with Crippen molar-refractivity contribution < 1.29 is 9.18 Å². The monoisotopic (exact) mass is 304 g/mol. The maximum Gasteiger partial charge on any atom is 0.224 e. The Labute approximate surface area is 127 Å². The number of anilines is 1. The highest BCUT2D eigenvalue weighted by atomic mass is 32.1. The second-order valence-corrected chi connectivity index (χ2v) is 6.15. The molecule has 2 N–H and O–H groups in total. The molecular formula is C16H17FN2OS. The van der Waals surface area contributed by atoms with Crippen molar-refractivity contribution in [2.75, 3.05) is 11.9 Å². The average Bonchev–Trinajstić information content (AvgIpc) is 3.02. The van der Waals surface area contributed by atoms with Gasteiger partial charge in [-0.05, 0) is 48.0 Å². The third-order valence-electron chi connectivity index (χ3n) is 3.66. The molecule has 0 bridgehead atoms. The van der Waals surface area contributed by atoms with Crippen LogP contribution in [0, 0.1) is 5.82 Å². The number of halogens is 1. The Kier molecular flexibility index (Phi) is 4.31. The van der Waals surface area contributed by atoms with Crippen molar-refractivity contribution in [3.8, 4) is 0 Å². The van der Waals surface area contributed by atoms with Crippen molar-refractivity contribution in [2.45, 2.75) is 25.8 Å². The van der Waals surface area contributed by atoms with E-state index in [-0.39, 0.29) is 11.7 Å². The van der Waals surface area contributed by atoms with Gasteiger partial charge in [0.15, 0.2) is 0 Å². The van der Waals surface area contributed by atoms with E-state index in [1.807, 2.05) is 23.6 Å². The number of hydrogen-bond donors (Lipinski definition) is 2. The second-order valence-electron chi connectivity index (χ2n) is 5.12. The van der Waals surface area contributed by atoms with Crippen molar-refractivity contribution in [3.05, 3.63) is 51.5 Å². The highest BCUT2D eigenvalue weighted by Gasteiger charge is 2.17. The zero-order valence-electron chi connectivity index (χ0n) is 11.6. The standard InChI is InChI=1S/C16H17FN2OS/c17-16-13-7-8-18-10-11(13)3-5-14(16)19-15(20)6-4-12-2-1-9-21-12/h1-3,5,9,18H,4,6-8,10H2,(H,19,20). The van der Waals surface area contributed by atoms with Gasteiger partial charge in [0.2, 0.25) is 5.91 Å². The number of fused-ring (bicyclic) bond motifs is 1. The van der Waals surface area contributed by atoms with Crippen LogP contribution in [0.15, 0.2) is 29.6 Å². The zero-order valence-corrected chi connectivity index (χ0v) is 12.4. The summed E-state index contributed by atoms with van der Waals surface area (Å²) in [6.07, 6.45) is 1.73. The number of amides is 1. The summed E-state index contributed by atoms with van der Waals surface area (Å²) < 4.78 is 14.4. The van der Waals surface area contributed by atoms with Gasteiger partial charge in [0.05, 0.1) is 5.69 Å². The molecule has 110 valence electrons. The number of hydrogen-bond acceptors (Lipinski definition) is 3. The summed E-state index contributed by atoms with van der Waals surface area (Å²) in [5.74, 6) is -0.422. The number of carbonyl (C=O) groups is 1. The van der Waals surface area contributed by atoms with Gasteiger partial charge < -0.3 is 10.6 Å². The molecule has 1 aromatic carbocycles. The van der Waals surface area contributed by atoms with Crippen LogP contribution in [-0.4, -0.2) is 12.5 Å². The van der Waals surface area contributed by atoms with Gasteiger partial charge in [-0.15, -0.1) is 11.3 Å². The van der Waals surface area contributed by atoms with E-state index >= 15 is 0 Å². The molecule has 5 heteroatoms. The Morgan fingerprint density at radius 3 is 3.10 bits per heavy atom. The van der Waals surface area contributed by atoms with Gasteiger partial charge in [-0.3, -0.25) is 4.79 Å². The minimum atomic E-state index is -0.279. The Balaban J connectivity index is 1.65. The molecule has 2 aromatic rings. The van der Waals surface area contributed by atoms with Crippen LogP contribution in [0.25, 0.3) is 0 Å². The predicted octanol–water partition coefficient (Wildman–Crippen LogP) is 3.10. The van der Waals surface area contributed by atoms with Crippen LogP contribution in [0.2, 0.25) is 0 Å². The maximum atomic E-state index is 14.4. The fourth-order valence-corrected chi connectivity index (χ4v) is 3.24. The van der Waals surface area contributed by atoms with E-state index in [4.69, 9.17) is 0 Å². The molecule has 1 aliphatic heterocycles. The third-order valence-corrected chi connectivity index (χ3v) is 4.60. The van der Waals surface area contributed by atoms with Gasteiger partial charge in [-0.25, -0.2) is 4.39 Å². The van der Waals surface area contributed by atoms with E-state index < -0.39 is 0 Å². The Morgan fingerprint density at radius 2 is 2.29 bits per heavy atom. The summed E-state index contributed by atoms with van der Waals surface area (Å²) in [6.45, 7) is 1.47. The van der Waals surface area contributed by atoms with Crippen LogP contribution in [0.5, 0.6) is 0 Å². The molecule has 0 saturated carbocycles. The van der Waals surface area contributed by atoms with Gasteiger partial charge in [-0.2, -0.15) is 0 Å². The lowest BCUT2D eigenvalue weighted by Crippen LogP contribution is -2.25. The van der Waals surface area contributed by atoms with E-state index in [9.17, 15) is 9.18 Å². The van der Waals surface area contributed by atoms with E-state index in [1.54, 1.807) is 17.4 Å². The first-order chi connectivity index (χ1) is 10.2. The Bertz CT molecular complexity index is 640. The molecule has 0 radical (unpaired) electrons. The SMILES string of the molecule is O=C(CCc1cccs1)Nc1ccc2c(c1F)CCNC2. The third kappa shape index (κ3) is 3.31. The summed E-state index contributed by atoms with van der Waals surface area (Å²) in [5, 5.41) is 7.90. The van der Waals surface area contributed by atoms with Crippen molar-refractivity contribution in [1.82, 2.24) is 5.32 Å². The number of thiophene rings is 1. The molecule has 0 spiro atoms. The molecule has 0 unspecified atom stereocenters. The van der Waals surface area contributed by atoms with Crippen molar-refractivity contribution >= 4 is 22.9 Å². The molecule has 21 heavy (non-hydrogen) atoms. The molecule has 3 rings (SSSR count). The lowest BCUT2D eigenvalue weighted by Gasteiger charge is -2.19. The van der Waals surface area contributed by atoms with Gasteiger partial charge >= 0.3 is 0 Å². The predicted molar refractivity (Wildman–Crippen MR) is 83.1 cm³/mol. The molecule has 0 fully saturated rings. The highest BCUT2D eigenvalue weighted by Crippen LogP contribution is 2.24. The number of carbonyl (C=O) groups excluding carboxylic acids is 1. The first kappa shape index (κ1) is 14.2. The van der Waals surface area contributed by atoms with E-state index in [2.05, 4.69) is 10.6 Å². The molecule has 1 aliphatic rings. The Morgan fingerprint density at radius 1 is 1.38 bits per heavy atom. The minimum absolute atomic E-state index is 0.142. The summed E-state index contributed by atoms with van der Waals surface area (Å²) in [7, 11) is 0. The average molecular weight is 304 g/mol. The van der Waals surface area contributed by atoms with Crippen LogP contribution < -0.4 is 10.6 Å². The zero-order chi connectivity index (χ0) is 14.7. The second kappa shape index (κ2) is 6.37. The summed E-state index contributed by atoms with van der Waals surface area (Å²) in [6, 6.07) is 7.52. The molecule has 1 aromatic heterocycles. The van der Waals surface area contributed by atoms with E-state index in [0.29, 0.717) is 31.5 Å². The van der Waals surface area contributed by atoms with Crippen molar-refractivity contribution in [2.24, 2.45) is 0 Å². The molecule has 0 aliphatic carbocycles. The lowest BCUT2D eigenvalue weighted by molar-refractivity contribution is -0.116.